The fraction of sp³-hybridized carbons (Fsp3) is 0.278. The van der Waals surface area contributed by atoms with Gasteiger partial charge in [-0.2, -0.15) is 0 Å². The van der Waals surface area contributed by atoms with Crippen molar-refractivity contribution in [3.05, 3.63) is 51.1 Å². The van der Waals surface area contributed by atoms with Crippen LogP contribution in [0, 0.1) is 13.8 Å². The Morgan fingerprint density at radius 2 is 2.08 bits per heavy atom. The lowest BCUT2D eigenvalue weighted by Crippen LogP contribution is -2.08. The first-order chi connectivity index (χ1) is 11.5. The number of thiazole rings is 1. The number of rotatable bonds is 5. The summed E-state index contributed by atoms with van der Waals surface area (Å²) in [6.45, 7) is 3.96. The Morgan fingerprint density at radius 3 is 2.79 bits per heavy atom. The first-order valence-electron chi connectivity index (χ1n) is 7.53. The summed E-state index contributed by atoms with van der Waals surface area (Å²) in [6, 6.07) is 5.42. The van der Waals surface area contributed by atoms with E-state index in [4.69, 9.17) is 16.3 Å². The van der Waals surface area contributed by atoms with E-state index in [0.29, 0.717) is 23.6 Å². The monoisotopic (exact) mass is 360 g/mol. The minimum absolute atomic E-state index is 0.118. The van der Waals surface area contributed by atoms with Gasteiger partial charge in [-0.05, 0) is 42.7 Å². The molecular weight excluding hydrogens is 344 g/mol. The average Bonchev–Trinajstić information content (AvgIpc) is 2.92. The molecule has 0 bridgehead atoms. The second-order valence-electron chi connectivity index (χ2n) is 5.66. The number of carbonyl (C=O) groups is 1. The summed E-state index contributed by atoms with van der Waals surface area (Å²) in [7, 11) is 1.57. The van der Waals surface area contributed by atoms with Gasteiger partial charge in [-0.25, -0.2) is 9.97 Å². The smallest absolute Gasteiger partial charge is 0.143 e. The second-order valence-corrected chi connectivity index (χ2v) is 7.25. The Kier molecular flexibility index (Phi) is 4.83. The number of aromatic nitrogens is 2. The number of hydrogen-bond donors (Lipinski definition) is 0. The van der Waals surface area contributed by atoms with Gasteiger partial charge in [-0.1, -0.05) is 29.0 Å². The van der Waals surface area contributed by atoms with Gasteiger partial charge in [0.1, 0.15) is 21.9 Å². The topological polar surface area (TPSA) is 52.1 Å². The maximum Gasteiger partial charge on any atom is 0.143 e. The van der Waals surface area contributed by atoms with Crippen molar-refractivity contribution in [2.45, 2.75) is 26.7 Å². The number of Topliss-reactive ketones (excluding diaryl/α,β-unsaturated/α-hetero) is 1. The molecule has 0 fully saturated rings. The second kappa shape index (κ2) is 6.87. The molecule has 3 rings (SSSR count). The summed E-state index contributed by atoms with van der Waals surface area (Å²) in [5.74, 6) is 0.727. The third-order valence-corrected chi connectivity index (χ3v) is 5.07. The quantitative estimate of drug-likeness (QED) is 0.679. The van der Waals surface area contributed by atoms with Crippen LogP contribution in [-0.2, 0) is 17.6 Å². The van der Waals surface area contributed by atoms with Crippen LogP contribution in [0.1, 0.15) is 21.7 Å². The summed E-state index contributed by atoms with van der Waals surface area (Å²) in [5.41, 5.74) is 3.74. The summed E-state index contributed by atoms with van der Waals surface area (Å²) in [5, 5.41) is 1.50. The van der Waals surface area contributed by atoms with Crippen LogP contribution in [-0.4, -0.2) is 22.9 Å². The number of ether oxygens (including phenoxy) is 1. The van der Waals surface area contributed by atoms with E-state index in [1.807, 2.05) is 19.9 Å². The highest BCUT2D eigenvalue weighted by Crippen LogP contribution is 2.26. The van der Waals surface area contributed by atoms with Gasteiger partial charge < -0.3 is 4.74 Å². The van der Waals surface area contributed by atoms with E-state index < -0.39 is 0 Å². The number of fused-ring (bicyclic) bond motifs is 1. The van der Waals surface area contributed by atoms with E-state index in [-0.39, 0.29) is 5.78 Å². The van der Waals surface area contributed by atoms with Gasteiger partial charge in [-0.3, -0.25) is 4.79 Å². The molecule has 0 amide bonds. The van der Waals surface area contributed by atoms with Crippen molar-refractivity contribution in [1.82, 2.24) is 9.97 Å². The SMILES string of the molecule is COc1ccc(CC(=O)Cc2cnc3sc(C)nc3c2C)cc1Cl. The number of carbonyl (C=O) groups excluding carboxylic acids is 1. The van der Waals surface area contributed by atoms with E-state index in [1.165, 1.54) is 0 Å². The number of aryl methyl sites for hydroxylation is 2. The molecule has 0 spiro atoms. The van der Waals surface area contributed by atoms with E-state index in [1.54, 1.807) is 36.8 Å². The molecule has 0 atom stereocenters. The average molecular weight is 361 g/mol. The Bertz CT molecular complexity index is 921. The highest BCUT2D eigenvalue weighted by atomic mass is 35.5. The number of ketones is 1. The first kappa shape index (κ1) is 16.9. The predicted octanol–water partition coefficient (Wildman–Crippen LogP) is 4.32. The normalized spacial score (nSPS) is 11.0. The van der Waals surface area contributed by atoms with Gasteiger partial charge in [0.2, 0.25) is 0 Å². The molecule has 24 heavy (non-hydrogen) atoms. The summed E-state index contributed by atoms with van der Waals surface area (Å²) >= 11 is 7.68. The van der Waals surface area contributed by atoms with Gasteiger partial charge in [0.25, 0.3) is 0 Å². The number of nitrogens with zero attached hydrogens (tertiary/aromatic N) is 2. The highest BCUT2D eigenvalue weighted by Gasteiger charge is 2.13. The molecule has 3 aromatic rings. The molecular formula is C18H17ClN2O2S. The lowest BCUT2D eigenvalue weighted by molar-refractivity contribution is -0.117. The van der Waals surface area contributed by atoms with Crippen molar-refractivity contribution < 1.29 is 9.53 Å². The minimum Gasteiger partial charge on any atom is -0.495 e. The highest BCUT2D eigenvalue weighted by molar-refractivity contribution is 7.18. The number of halogens is 1. The molecule has 2 heterocycles. The van der Waals surface area contributed by atoms with Crippen LogP contribution in [0.25, 0.3) is 10.3 Å². The van der Waals surface area contributed by atoms with E-state index in [9.17, 15) is 4.79 Å². The summed E-state index contributed by atoms with van der Waals surface area (Å²) in [6.07, 6.45) is 2.46. The van der Waals surface area contributed by atoms with Crippen LogP contribution in [0.3, 0.4) is 0 Å². The lowest BCUT2D eigenvalue weighted by atomic mass is 10.0. The maximum atomic E-state index is 12.4. The number of methoxy groups -OCH3 is 1. The van der Waals surface area contributed by atoms with E-state index >= 15 is 0 Å². The third kappa shape index (κ3) is 3.42. The van der Waals surface area contributed by atoms with Crippen molar-refractivity contribution in [2.24, 2.45) is 0 Å². The molecule has 6 heteroatoms. The van der Waals surface area contributed by atoms with Crippen LogP contribution in [0.4, 0.5) is 0 Å². The van der Waals surface area contributed by atoms with Gasteiger partial charge in [0.15, 0.2) is 0 Å². The molecule has 124 valence electrons. The maximum absolute atomic E-state index is 12.4. The molecule has 0 unspecified atom stereocenters. The molecule has 4 nitrogen and oxygen atoms in total. The van der Waals surface area contributed by atoms with Crippen molar-refractivity contribution >= 4 is 39.1 Å². The molecule has 1 aromatic carbocycles. The van der Waals surface area contributed by atoms with Gasteiger partial charge in [0, 0.05) is 19.0 Å². The molecule has 0 N–H and O–H groups in total. The van der Waals surface area contributed by atoms with Crippen molar-refractivity contribution in [2.75, 3.05) is 7.11 Å². The zero-order valence-corrected chi connectivity index (χ0v) is 15.3. The van der Waals surface area contributed by atoms with Crippen LogP contribution < -0.4 is 4.74 Å². The Hall–Kier alpha value is -1.98. The van der Waals surface area contributed by atoms with Crippen LogP contribution in [0.5, 0.6) is 5.75 Å². The predicted molar refractivity (Wildman–Crippen MR) is 97.3 cm³/mol. The van der Waals surface area contributed by atoms with Crippen molar-refractivity contribution in [3.8, 4) is 5.75 Å². The number of hydrogen-bond acceptors (Lipinski definition) is 5. The molecule has 0 saturated heterocycles. The van der Waals surface area contributed by atoms with Gasteiger partial charge >= 0.3 is 0 Å². The Morgan fingerprint density at radius 1 is 1.29 bits per heavy atom. The molecule has 2 aromatic heterocycles. The number of pyridine rings is 1. The third-order valence-electron chi connectivity index (χ3n) is 3.90. The Balaban J connectivity index is 1.77. The zero-order chi connectivity index (χ0) is 17.3. The van der Waals surface area contributed by atoms with Crippen LogP contribution in [0.15, 0.2) is 24.4 Å². The molecule has 0 aliphatic heterocycles. The fourth-order valence-corrected chi connectivity index (χ4v) is 3.73. The Labute approximate surface area is 149 Å². The van der Waals surface area contributed by atoms with Crippen LogP contribution >= 0.6 is 22.9 Å². The standard InChI is InChI=1S/C18H17ClN2O2S/c1-10-13(9-20-18-17(10)21-11(2)24-18)8-14(22)6-12-4-5-16(23-3)15(19)7-12/h4-5,7,9H,6,8H2,1-3H3. The van der Waals surface area contributed by atoms with Gasteiger partial charge in [0.05, 0.1) is 17.1 Å². The van der Waals surface area contributed by atoms with Crippen LogP contribution in [0.2, 0.25) is 5.02 Å². The lowest BCUT2D eigenvalue weighted by Gasteiger charge is -2.07. The number of benzene rings is 1. The molecule has 0 radical (unpaired) electrons. The van der Waals surface area contributed by atoms with E-state index in [2.05, 4.69) is 9.97 Å². The summed E-state index contributed by atoms with van der Waals surface area (Å²) in [4.78, 5) is 22.3. The zero-order valence-electron chi connectivity index (χ0n) is 13.7. The fourth-order valence-electron chi connectivity index (χ4n) is 2.63. The first-order valence-corrected chi connectivity index (χ1v) is 8.73. The molecule has 0 saturated carbocycles. The molecule has 0 aliphatic carbocycles. The van der Waals surface area contributed by atoms with Gasteiger partial charge in [-0.15, -0.1) is 0 Å². The van der Waals surface area contributed by atoms with Crippen molar-refractivity contribution in [1.29, 1.82) is 0 Å². The molecule has 0 aliphatic rings. The largest absolute Gasteiger partial charge is 0.495 e. The summed E-state index contributed by atoms with van der Waals surface area (Å²) < 4.78 is 5.13. The minimum atomic E-state index is 0.118. The van der Waals surface area contributed by atoms with Crippen molar-refractivity contribution in [3.63, 3.8) is 0 Å². The van der Waals surface area contributed by atoms with E-state index in [0.717, 1.165) is 32.0 Å².